The summed E-state index contributed by atoms with van der Waals surface area (Å²) in [6.45, 7) is 7.37. The van der Waals surface area contributed by atoms with Gasteiger partial charge >= 0.3 is 0 Å². The number of benzene rings is 1. The molecule has 2 rings (SSSR count). The van der Waals surface area contributed by atoms with Crippen molar-refractivity contribution in [3.63, 3.8) is 0 Å². The van der Waals surface area contributed by atoms with E-state index in [-0.39, 0.29) is 31.2 Å². The molecular weight excluding hydrogens is 436 g/mol. The lowest BCUT2D eigenvalue weighted by Gasteiger charge is -2.25. The summed E-state index contributed by atoms with van der Waals surface area (Å²) in [6, 6.07) is 4.88. The maximum Gasteiger partial charge on any atom is 0.247 e. The molecule has 1 aliphatic heterocycles. The lowest BCUT2D eigenvalue weighted by molar-refractivity contribution is -0.136. The molecule has 1 fully saturated rings. The first-order chi connectivity index (χ1) is 16.0. The molecule has 1 aromatic carbocycles. The van der Waals surface area contributed by atoms with Crippen molar-refractivity contribution in [2.24, 2.45) is 5.73 Å². The van der Waals surface area contributed by atoms with Crippen molar-refractivity contribution >= 4 is 23.6 Å². The third-order valence-corrected chi connectivity index (χ3v) is 5.32. The van der Waals surface area contributed by atoms with Gasteiger partial charge < -0.3 is 26.0 Å². The van der Waals surface area contributed by atoms with E-state index in [2.05, 4.69) is 10.6 Å². The number of amides is 4. The maximum atomic E-state index is 13.2. The largest absolute Gasteiger partial charge is 0.497 e. The molecule has 0 bridgehead atoms. The van der Waals surface area contributed by atoms with Crippen molar-refractivity contribution in [1.29, 1.82) is 0 Å². The summed E-state index contributed by atoms with van der Waals surface area (Å²) in [5.41, 5.74) is 7.97. The molecule has 1 saturated heterocycles. The van der Waals surface area contributed by atoms with E-state index in [1.54, 1.807) is 45.2 Å². The third-order valence-electron chi connectivity index (χ3n) is 5.32. The lowest BCUT2D eigenvalue weighted by atomic mass is 10.0. The van der Waals surface area contributed by atoms with Gasteiger partial charge in [0.2, 0.25) is 23.6 Å². The molecular formula is C25H34N4O5. The molecule has 0 aliphatic carbocycles. The molecule has 184 valence electrons. The van der Waals surface area contributed by atoms with Crippen molar-refractivity contribution in [2.45, 2.75) is 58.7 Å². The monoisotopic (exact) mass is 470 g/mol. The fourth-order valence-electron chi connectivity index (χ4n) is 3.76. The van der Waals surface area contributed by atoms with Crippen molar-refractivity contribution in [1.82, 2.24) is 15.5 Å². The van der Waals surface area contributed by atoms with Crippen LogP contribution in [-0.2, 0) is 25.6 Å². The van der Waals surface area contributed by atoms with Crippen LogP contribution in [0.5, 0.6) is 5.75 Å². The zero-order chi connectivity index (χ0) is 25.4. The fraction of sp³-hybridized carbons (Fsp3) is 0.440. The molecule has 1 heterocycles. The quantitative estimate of drug-likeness (QED) is 0.467. The van der Waals surface area contributed by atoms with Gasteiger partial charge in [-0.1, -0.05) is 23.3 Å². The number of primary amides is 1. The Labute approximate surface area is 200 Å². The number of carbonyl (C=O) groups excluding carboxylic acids is 4. The summed E-state index contributed by atoms with van der Waals surface area (Å²) in [5, 5.41) is 5.54. The van der Waals surface area contributed by atoms with Gasteiger partial charge in [0, 0.05) is 31.2 Å². The SMILES string of the molecule is COc1ccc(CC(NC(=O)C2CC(NC(=O)C=C(C)C)CN2C(=O)C=C(C)C)C(N)=O)cc1. The molecule has 9 nitrogen and oxygen atoms in total. The predicted octanol–water partition coefficient (Wildman–Crippen LogP) is 1.23. The second-order valence-electron chi connectivity index (χ2n) is 8.91. The first kappa shape index (κ1) is 26.6. The average Bonchev–Trinajstić information content (AvgIpc) is 3.16. The summed E-state index contributed by atoms with van der Waals surface area (Å²) in [6.07, 6.45) is 3.34. The molecule has 0 spiro atoms. The second kappa shape index (κ2) is 12.0. The highest BCUT2D eigenvalue weighted by Gasteiger charge is 2.40. The van der Waals surface area contributed by atoms with Gasteiger partial charge in [0.25, 0.3) is 0 Å². The Morgan fingerprint density at radius 3 is 2.24 bits per heavy atom. The van der Waals surface area contributed by atoms with Gasteiger partial charge in [-0.05, 0) is 51.8 Å². The number of hydrogen-bond donors (Lipinski definition) is 3. The number of nitrogens with one attached hydrogen (secondary N) is 2. The number of likely N-dealkylation sites (tertiary alicyclic amines) is 1. The normalized spacial score (nSPS) is 17.9. The highest BCUT2D eigenvalue weighted by molar-refractivity contribution is 5.96. The first-order valence-corrected chi connectivity index (χ1v) is 11.1. The number of carbonyl (C=O) groups is 4. The Balaban J connectivity index is 2.18. The molecule has 1 aromatic rings. The standard InChI is InChI=1S/C25H34N4O5/c1-15(2)10-22(30)27-18-13-21(29(14-18)23(31)11-16(3)4)25(33)28-20(24(26)32)12-17-6-8-19(34-5)9-7-17/h6-11,18,20-21H,12-14H2,1-5H3,(H2,26,32)(H,27,30)(H,28,33). The Bertz CT molecular complexity index is 976. The maximum absolute atomic E-state index is 13.2. The number of nitrogens with two attached hydrogens (primary N) is 1. The van der Waals surface area contributed by atoms with Gasteiger partial charge in [-0.15, -0.1) is 0 Å². The van der Waals surface area contributed by atoms with E-state index in [0.29, 0.717) is 5.75 Å². The highest BCUT2D eigenvalue weighted by Crippen LogP contribution is 2.20. The van der Waals surface area contributed by atoms with Crippen molar-refractivity contribution in [2.75, 3.05) is 13.7 Å². The molecule has 4 amide bonds. The smallest absolute Gasteiger partial charge is 0.247 e. The zero-order valence-electron chi connectivity index (χ0n) is 20.4. The first-order valence-electron chi connectivity index (χ1n) is 11.1. The summed E-state index contributed by atoms with van der Waals surface area (Å²) in [7, 11) is 1.56. The molecule has 34 heavy (non-hydrogen) atoms. The third kappa shape index (κ3) is 7.75. The van der Waals surface area contributed by atoms with Crippen molar-refractivity contribution in [3.8, 4) is 5.75 Å². The molecule has 9 heteroatoms. The van der Waals surface area contributed by atoms with Gasteiger partial charge in [-0.2, -0.15) is 0 Å². The van der Waals surface area contributed by atoms with E-state index >= 15 is 0 Å². The topological polar surface area (TPSA) is 131 Å². The number of hydrogen-bond acceptors (Lipinski definition) is 5. The van der Waals surface area contributed by atoms with E-state index in [1.807, 2.05) is 13.8 Å². The van der Waals surface area contributed by atoms with E-state index in [0.717, 1.165) is 16.7 Å². The van der Waals surface area contributed by atoms with Crippen LogP contribution in [0.2, 0.25) is 0 Å². The van der Waals surface area contributed by atoms with Gasteiger partial charge in [0.1, 0.15) is 17.8 Å². The van der Waals surface area contributed by atoms with Gasteiger partial charge in [0.15, 0.2) is 0 Å². The van der Waals surface area contributed by atoms with E-state index in [1.165, 1.54) is 17.1 Å². The number of rotatable bonds is 9. The summed E-state index contributed by atoms with van der Waals surface area (Å²) < 4.78 is 5.14. The minimum Gasteiger partial charge on any atom is -0.497 e. The number of nitrogens with zero attached hydrogens (tertiary/aromatic N) is 1. The Kier molecular flexibility index (Phi) is 9.41. The zero-order valence-corrected chi connectivity index (χ0v) is 20.4. The van der Waals surface area contributed by atoms with Crippen LogP contribution in [0.15, 0.2) is 47.6 Å². The molecule has 0 radical (unpaired) electrons. The van der Waals surface area contributed by atoms with Crippen LogP contribution in [0.25, 0.3) is 0 Å². The van der Waals surface area contributed by atoms with Crippen LogP contribution < -0.4 is 21.1 Å². The fourth-order valence-corrected chi connectivity index (χ4v) is 3.76. The number of methoxy groups -OCH3 is 1. The van der Waals surface area contributed by atoms with Gasteiger partial charge in [0.05, 0.1) is 7.11 Å². The van der Waals surface area contributed by atoms with Crippen LogP contribution >= 0.6 is 0 Å². The summed E-state index contributed by atoms with van der Waals surface area (Å²) in [4.78, 5) is 51.7. The Morgan fingerprint density at radius 1 is 1.09 bits per heavy atom. The number of ether oxygens (including phenoxy) is 1. The molecule has 1 aliphatic rings. The highest BCUT2D eigenvalue weighted by atomic mass is 16.5. The average molecular weight is 471 g/mol. The molecule has 3 unspecified atom stereocenters. The molecule has 0 aromatic heterocycles. The van der Waals surface area contributed by atoms with Gasteiger partial charge in [-0.25, -0.2) is 0 Å². The summed E-state index contributed by atoms with van der Waals surface area (Å²) >= 11 is 0. The van der Waals surface area contributed by atoms with E-state index < -0.39 is 29.9 Å². The lowest BCUT2D eigenvalue weighted by Crippen LogP contribution is -2.52. The summed E-state index contributed by atoms with van der Waals surface area (Å²) in [5.74, 6) is -1.12. The molecule has 0 saturated carbocycles. The predicted molar refractivity (Wildman–Crippen MR) is 129 cm³/mol. The van der Waals surface area contributed by atoms with Crippen LogP contribution in [-0.4, -0.2) is 60.3 Å². The van der Waals surface area contributed by atoms with Crippen molar-refractivity contribution < 1.29 is 23.9 Å². The van der Waals surface area contributed by atoms with E-state index in [9.17, 15) is 19.2 Å². The van der Waals surface area contributed by atoms with Crippen LogP contribution in [0.3, 0.4) is 0 Å². The minimum atomic E-state index is -0.958. The van der Waals surface area contributed by atoms with Crippen LogP contribution in [0, 0.1) is 0 Å². The van der Waals surface area contributed by atoms with E-state index in [4.69, 9.17) is 10.5 Å². The number of allylic oxidation sites excluding steroid dienone is 2. The minimum absolute atomic E-state index is 0.183. The Morgan fingerprint density at radius 2 is 1.71 bits per heavy atom. The Hall–Kier alpha value is -3.62. The van der Waals surface area contributed by atoms with Crippen LogP contribution in [0.1, 0.15) is 39.7 Å². The molecule has 3 atom stereocenters. The van der Waals surface area contributed by atoms with Crippen LogP contribution in [0.4, 0.5) is 0 Å². The van der Waals surface area contributed by atoms with Crippen molar-refractivity contribution in [3.05, 3.63) is 53.1 Å². The molecule has 4 N–H and O–H groups in total. The van der Waals surface area contributed by atoms with Gasteiger partial charge in [-0.3, -0.25) is 19.2 Å². The second-order valence-corrected chi connectivity index (χ2v) is 8.91.